The van der Waals surface area contributed by atoms with E-state index in [1.807, 2.05) is 6.07 Å². The number of amides is 2. The zero-order valence-electron chi connectivity index (χ0n) is 13.9. The third kappa shape index (κ3) is 3.51. The van der Waals surface area contributed by atoms with Gasteiger partial charge < -0.3 is 13.9 Å². The number of hydrogen-bond acceptors (Lipinski definition) is 6. The summed E-state index contributed by atoms with van der Waals surface area (Å²) in [5, 5.41) is 11.2. The van der Waals surface area contributed by atoms with Gasteiger partial charge in [0.2, 0.25) is 0 Å². The Hall–Kier alpha value is -2.95. The van der Waals surface area contributed by atoms with Crippen LogP contribution >= 0.6 is 0 Å². The van der Waals surface area contributed by atoms with Crippen molar-refractivity contribution in [2.45, 2.75) is 45.9 Å². The van der Waals surface area contributed by atoms with Gasteiger partial charge in [-0.2, -0.15) is 15.3 Å². The highest BCUT2D eigenvalue weighted by molar-refractivity contribution is 5.78. The van der Waals surface area contributed by atoms with E-state index in [0.717, 1.165) is 10.0 Å². The monoisotopic (exact) mass is 333 g/mol. The molecule has 0 saturated carbocycles. The van der Waals surface area contributed by atoms with Crippen LogP contribution in [0.2, 0.25) is 0 Å². The number of furan rings is 1. The van der Waals surface area contributed by atoms with E-state index in [1.54, 1.807) is 39.8 Å². The number of ether oxygens (including phenoxy) is 2. The van der Waals surface area contributed by atoms with Gasteiger partial charge in [-0.25, -0.2) is 9.59 Å². The molecule has 0 radical (unpaired) electrons. The maximum Gasteiger partial charge on any atom is 0.434 e. The highest BCUT2D eigenvalue weighted by Crippen LogP contribution is 2.35. The Morgan fingerprint density at radius 2 is 1.83 bits per heavy atom. The minimum absolute atomic E-state index is 0.0391. The molecule has 128 valence electrons. The summed E-state index contributed by atoms with van der Waals surface area (Å²) in [6, 6.07) is 4.41. The van der Waals surface area contributed by atoms with Crippen molar-refractivity contribution < 1.29 is 23.5 Å². The summed E-state index contributed by atoms with van der Waals surface area (Å²) in [6.45, 7) is 6.71. The number of nitriles is 1. The van der Waals surface area contributed by atoms with Crippen molar-refractivity contribution in [3.8, 4) is 6.07 Å². The molecule has 8 heteroatoms. The standard InChI is InChI=1S/C16H19N3O5/c1-10(2)23-15(20)18-12(9-17)8-13(14-6-5-7-22-14)19(18)16(21)24-11(3)4/h5-8,10-11,13H,1-4H3. The molecule has 1 unspecified atom stereocenters. The summed E-state index contributed by atoms with van der Waals surface area (Å²) >= 11 is 0. The molecule has 1 aromatic heterocycles. The molecule has 0 fully saturated rings. The van der Waals surface area contributed by atoms with Crippen molar-refractivity contribution in [3.05, 3.63) is 35.9 Å². The van der Waals surface area contributed by atoms with Crippen molar-refractivity contribution in [3.63, 3.8) is 0 Å². The minimum Gasteiger partial charge on any atom is -0.467 e. The van der Waals surface area contributed by atoms with Crippen LogP contribution in [0.5, 0.6) is 0 Å². The third-order valence-corrected chi connectivity index (χ3v) is 3.01. The molecular weight excluding hydrogens is 314 g/mol. The van der Waals surface area contributed by atoms with Crippen molar-refractivity contribution in [2.75, 3.05) is 0 Å². The molecule has 0 saturated heterocycles. The van der Waals surface area contributed by atoms with E-state index < -0.39 is 30.4 Å². The lowest BCUT2D eigenvalue weighted by molar-refractivity contribution is -0.0211. The molecule has 2 heterocycles. The Balaban J connectivity index is 2.41. The SMILES string of the molecule is CC(C)OC(=O)N1C(C#N)=CC(c2ccco2)N1C(=O)OC(C)C. The lowest BCUT2D eigenvalue weighted by atomic mass is 10.2. The van der Waals surface area contributed by atoms with Gasteiger partial charge in [0.25, 0.3) is 0 Å². The van der Waals surface area contributed by atoms with Gasteiger partial charge in [-0.1, -0.05) is 0 Å². The Labute approximate surface area is 139 Å². The van der Waals surface area contributed by atoms with Gasteiger partial charge in [0.05, 0.1) is 18.5 Å². The number of hydrazine groups is 1. The second-order valence-corrected chi connectivity index (χ2v) is 5.65. The Bertz CT molecular complexity index is 672. The Morgan fingerprint density at radius 1 is 1.21 bits per heavy atom. The molecule has 0 aliphatic carbocycles. The van der Waals surface area contributed by atoms with Crippen LogP contribution in [-0.4, -0.2) is 34.4 Å². The molecule has 0 spiro atoms. The fourth-order valence-electron chi connectivity index (χ4n) is 2.17. The predicted molar refractivity (Wildman–Crippen MR) is 82.1 cm³/mol. The molecule has 0 N–H and O–H groups in total. The van der Waals surface area contributed by atoms with Crippen molar-refractivity contribution in [1.29, 1.82) is 5.26 Å². The average molecular weight is 333 g/mol. The fourth-order valence-corrected chi connectivity index (χ4v) is 2.17. The first-order chi connectivity index (χ1) is 11.3. The largest absolute Gasteiger partial charge is 0.467 e. The van der Waals surface area contributed by atoms with Crippen LogP contribution in [-0.2, 0) is 9.47 Å². The maximum absolute atomic E-state index is 12.5. The van der Waals surface area contributed by atoms with Crippen molar-refractivity contribution in [1.82, 2.24) is 10.0 Å². The van der Waals surface area contributed by atoms with Crippen LogP contribution in [0.25, 0.3) is 0 Å². The van der Waals surface area contributed by atoms with Gasteiger partial charge in [-0.15, -0.1) is 0 Å². The van der Waals surface area contributed by atoms with Crippen LogP contribution < -0.4 is 0 Å². The number of nitrogens with zero attached hydrogens (tertiary/aromatic N) is 3. The molecular formula is C16H19N3O5. The summed E-state index contributed by atoms with van der Waals surface area (Å²) in [4.78, 5) is 24.9. The average Bonchev–Trinajstić information content (AvgIpc) is 3.12. The normalized spacial score (nSPS) is 17.0. The van der Waals surface area contributed by atoms with Crippen LogP contribution in [0.1, 0.15) is 39.5 Å². The van der Waals surface area contributed by atoms with Crippen molar-refractivity contribution in [2.24, 2.45) is 0 Å². The quantitative estimate of drug-likeness (QED) is 0.841. The first-order valence-corrected chi connectivity index (χ1v) is 7.51. The van der Waals surface area contributed by atoms with Crippen molar-refractivity contribution >= 4 is 12.2 Å². The van der Waals surface area contributed by atoms with E-state index in [9.17, 15) is 14.9 Å². The first kappa shape index (κ1) is 17.4. The molecule has 2 rings (SSSR count). The van der Waals surface area contributed by atoms with E-state index in [4.69, 9.17) is 13.9 Å². The second kappa shape index (κ2) is 7.08. The van der Waals surface area contributed by atoms with Gasteiger partial charge in [-0.05, 0) is 45.9 Å². The van der Waals surface area contributed by atoms with Gasteiger partial charge in [0.15, 0.2) is 0 Å². The fraction of sp³-hybridized carbons (Fsp3) is 0.438. The first-order valence-electron chi connectivity index (χ1n) is 7.51. The number of carbonyl (C=O) groups is 2. The molecule has 1 aliphatic rings. The maximum atomic E-state index is 12.5. The Morgan fingerprint density at radius 3 is 2.33 bits per heavy atom. The zero-order valence-corrected chi connectivity index (χ0v) is 13.9. The molecule has 8 nitrogen and oxygen atoms in total. The zero-order chi connectivity index (χ0) is 17.9. The molecule has 2 amide bonds. The van der Waals surface area contributed by atoms with Gasteiger partial charge in [0, 0.05) is 0 Å². The number of allylic oxidation sites excluding steroid dienone is 1. The summed E-state index contributed by atoms with van der Waals surface area (Å²) < 4.78 is 15.6. The van der Waals surface area contributed by atoms with Crippen LogP contribution in [0.4, 0.5) is 9.59 Å². The van der Waals surface area contributed by atoms with Gasteiger partial charge in [0.1, 0.15) is 23.6 Å². The molecule has 24 heavy (non-hydrogen) atoms. The van der Waals surface area contributed by atoms with E-state index in [-0.39, 0.29) is 5.70 Å². The summed E-state index contributed by atoms with van der Waals surface area (Å²) in [5.41, 5.74) is -0.0391. The highest BCUT2D eigenvalue weighted by atomic mass is 16.6. The molecule has 1 aromatic rings. The number of rotatable bonds is 3. The lowest BCUT2D eigenvalue weighted by Gasteiger charge is -2.31. The van der Waals surface area contributed by atoms with E-state index >= 15 is 0 Å². The number of carbonyl (C=O) groups excluding carboxylic acids is 2. The molecule has 1 atom stereocenters. The Kier molecular flexibility index (Phi) is 5.14. The molecule has 0 bridgehead atoms. The van der Waals surface area contributed by atoms with Gasteiger partial charge >= 0.3 is 12.2 Å². The second-order valence-electron chi connectivity index (χ2n) is 5.65. The smallest absolute Gasteiger partial charge is 0.434 e. The van der Waals surface area contributed by atoms with Gasteiger partial charge in [-0.3, -0.25) is 0 Å². The van der Waals surface area contributed by atoms with Crippen LogP contribution in [0.3, 0.4) is 0 Å². The minimum atomic E-state index is -0.840. The van der Waals surface area contributed by atoms with E-state index in [2.05, 4.69) is 0 Å². The number of hydrogen-bond donors (Lipinski definition) is 0. The molecule has 1 aliphatic heterocycles. The molecule has 0 aromatic carbocycles. The highest BCUT2D eigenvalue weighted by Gasteiger charge is 2.44. The third-order valence-electron chi connectivity index (χ3n) is 3.01. The van der Waals surface area contributed by atoms with Crippen LogP contribution in [0, 0.1) is 11.3 Å². The van der Waals surface area contributed by atoms with Crippen LogP contribution in [0.15, 0.2) is 34.6 Å². The summed E-state index contributed by atoms with van der Waals surface area (Å²) in [5.74, 6) is 0.392. The predicted octanol–water partition coefficient (Wildman–Crippen LogP) is 3.35. The topological polar surface area (TPSA) is 96.0 Å². The lowest BCUT2D eigenvalue weighted by Crippen LogP contribution is -2.47. The van der Waals surface area contributed by atoms with E-state index in [1.165, 1.54) is 12.3 Å². The summed E-state index contributed by atoms with van der Waals surface area (Å²) in [7, 11) is 0. The summed E-state index contributed by atoms with van der Waals surface area (Å²) in [6.07, 6.45) is 0.450. The van der Waals surface area contributed by atoms with E-state index in [0.29, 0.717) is 5.76 Å².